The summed E-state index contributed by atoms with van der Waals surface area (Å²) in [6.45, 7) is 3.96. The van der Waals surface area contributed by atoms with Gasteiger partial charge in [0.25, 0.3) is 0 Å². The minimum atomic E-state index is -0.964. The Morgan fingerprint density at radius 2 is 1.88 bits per heavy atom. The van der Waals surface area contributed by atoms with Crippen molar-refractivity contribution in [2.45, 2.75) is 33.1 Å². The van der Waals surface area contributed by atoms with E-state index < -0.39 is 17.3 Å². The lowest BCUT2D eigenvalue weighted by Crippen LogP contribution is -2.44. The van der Waals surface area contributed by atoms with E-state index in [1.807, 2.05) is 0 Å². The maximum absolute atomic E-state index is 12.5. The first-order valence-electron chi connectivity index (χ1n) is 8.82. The van der Waals surface area contributed by atoms with Crippen LogP contribution in [0.2, 0.25) is 0 Å². The summed E-state index contributed by atoms with van der Waals surface area (Å²) in [5, 5.41) is 12.2. The van der Waals surface area contributed by atoms with Crippen molar-refractivity contribution >= 4 is 23.5 Å². The third kappa shape index (κ3) is 3.98. The average Bonchev–Trinajstić information content (AvgIpc) is 3.04. The lowest BCUT2D eigenvalue weighted by atomic mass is 9.82. The van der Waals surface area contributed by atoms with Crippen molar-refractivity contribution in [1.29, 1.82) is 0 Å². The highest BCUT2D eigenvalue weighted by molar-refractivity contribution is 6.00. The molecule has 2 rings (SSSR count). The zero-order valence-electron chi connectivity index (χ0n) is 15.4. The Balaban J connectivity index is 2.00. The molecule has 7 nitrogen and oxygen atoms in total. The van der Waals surface area contributed by atoms with E-state index >= 15 is 0 Å². The lowest BCUT2D eigenvalue weighted by Gasteiger charge is -2.27. The number of benzene rings is 1. The van der Waals surface area contributed by atoms with Gasteiger partial charge in [0.2, 0.25) is 11.8 Å². The molecule has 0 saturated carbocycles. The van der Waals surface area contributed by atoms with Gasteiger partial charge in [-0.25, -0.2) is 0 Å². The second-order valence-corrected chi connectivity index (χ2v) is 6.61. The molecule has 1 aromatic carbocycles. The van der Waals surface area contributed by atoms with E-state index in [1.165, 1.54) is 0 Å². The van der Waals surface area contributed by atoms with Crippen LogP contribution in [0, 0.1) is 11.3 Å². The molecule has 1 atom stereocenters. The molecule has 2 amide bonds. The molecule has 0 aliphatic carbocycles. The number of hydrogen-bond acceptors (Lipinski definition) is 4. The van der Waals surface area contributed by atoms with Crippen molar-refractivity contribution in [2.75, 3.05) is 25.1 Å². The van der Waals surface area contributed by atoms with Crippen molar-refractivity contribution in [3.63, 3.8) is 0 Å². The number of nitrogens with zero attached hydrogens (tertiary/aromatic N) is 1. The third-order valence-corrected chi connectivity index (χ3v) is 5.29. The number of anilines is 1. The van der Waals surface area contributed by atoms with Gasteiger partial charge in [-0.15, -0.1) is 0 Å². The fraction of sp³-hybridized carbons (Fsp3) is 0.526. The zero-order valence-corrected chi connectivity index (χ0v) is 15.4. The number of hydrogen-bond donors (Lipinski definition) is 2. The standard InChI is InChI=1S/C19H26N2O5/c1-4-19(5-2,18(24)25)12-20-17(23)13-10-16(22)21(11-13)14-6-8-15(26-3)9-7-14/h6-9,13H,4-5,10-12H2,1-3H3,(H,20,23)(H,24,25). The van der Waals surface area contributed by atoms with Crippen LogP contribution in [0.1, 0.15) is 33.1 Å². The van der Waals surface area contributed by atoms with Crippen LogP contribution in [0.15, 0.2) is 24.3 Å². The predicted molar refractivity (Wildman–Crippen MR) is 97.1 cm³/mol. The summed E-state index contributed by atoms with van der Waals surface area (Å²) < 4.78 is 5.11. The topological polar surface area (TPSA) is 95.9 Å². The number of carboxylic acid groups (broad SMARTS) is 1. The molecule has 1 unspecified atom stereocenters. The number of aliphatic carboxylic acids is 1. The molecule has 0 radical (unpaired) electrons. The number of carbonyl (C=O) groups is 3. The molecule has 1 aliphatic heterocycles. The Bertz CT molecular complexity index is 667. The maximum atomic E-state index is 12.5. The maximum Gasteiger partial charge on any atom is 0.311 e. The summed E-state index contributed by atoms with van der Waals surface area (Å²) >= 11 is 0. The minimum Gasteiger partial charge on any atom is -0.497 e. The molecular weight excluding hydrogens is 336 g/mol. The monoisotopic (exact) mass is 362 g/mol. The van der Waals surface area contributed by atoms with Gasteiger partial charge in [-0.2, -0.15) is 0 Å². The van der Waals surface area contributed by atoms with Crippen molar-refractivity contribution in [3.8, 4) is 5.75 Å². The molecule has 26 heavy (non-hydrogen) atoms. The molecule has 0 aromatic heterocycles. The van der Waals surface area contributed by atoms with E-state index in [4.69, 9.17) is 4.74 Å². The molecule has 1 aliphatic rings. The van der Waals surface area contributed by atoms with E-state index in [0.717, 1.165) is 0 Å². The summed E-state index contributed by atoms with van der Waals surface area (Å²) in [7, 11) is 1.57. The Morgan fingerprint density at radius 3 is 2.38 bits per heavy atom. The largest absolute Gasteiger partial charge is 0.497 e. The normalized spacial score (nSPS) is 17.3. The summed E-state index contributed by atoms with van der Waals surface area (Å²) in [5.74, 6) is -1.10. The van der Waals surface area contributed by atoms with Crippen LogP contribution in [0.5, 0.6) is 5.75 Å². The number of carbonyl (C=O) groups excluding carboxylic acids is 2. The first-order valence-corrected chi connectivity index (χ1v) is 8.82. The van der Waals surface area contributed by atoms with Crippen molar-refractivity contribution in [3.05, 3.63) is 24.3 Å². The number of amides is 2. The number of ether oxygens (including phenoxy) is 1. The summed E-state index contributed by atoms with van der Waals surface area (Å²) in [6.07, 6.45) is 0.984. The number of methoxy groups -OCH3 is 1. The highest BCUT2D eigenvalue weighted by atomic mass is 16.5. The van der Waals surface area contributed by atoms with E-state index in [9.17, 15) is 19.5 Å². The van der Waals surface area contributed by atoms with Gasteiger partial charge in [-0.1, -0.05) is 13.8 Å². The molecular formula is C19H26N2O5. The molecule has 1 aromatic rings. The highest BCUT2D eigenvalue weighted by Crippen LogP contribution is 2.28. The van der Waals surface area contributed by atoms with E-state index in [2.05, 4.69) is 5.32 Å². The Kier molecular flexibility index (Phi) is 6.23. The number of carboxylic acids is 1. The van der Waals surface area contributed by atoms with Crippen molar-refractivity contribution < 1.29 is 24.2 Å². The van der Waals surface area contributed by atoms with Gasteiger partial charge in [0.1, 0.15) is 5.75 Å². The van der Waals surface area contributed by atoms with Gasteiger partial charge in [-0.05, 0) is 37.1 Å². The Hall–Kier alpha value is -2.57. The van der Waals surface area contributed by atoms with Crippen molar-refractivity contribution in [2.24, 2.45) is 11.3 Å². The minimum absolute atomic E-state index is 0.0708. The molecule has 1 heterocycles. The number of nitrogens with one attached hydrogen (secondary N) is 1. The zero-order chi connectivity index (χ0) is 19.3. The first kappa shape index (κ1) is 19.8. The van der Waals surface area contributed by atoms with Crippen molar-refractivity contribution in [1.82, 2.24) is 5.32 Å². The van der Waals surface area contributed by atoms with Crippen LogP contribution in [0.4, 0.5) is 5.69 Å². The second kappa shape index (κ2) is 8.21. The van der Waals surface area contributed by atoms with E-state index in [1.54, 1.807) is 50.1 Å². The van der Waals surface area contributed by atoms with Gasteiger partial charge in [0.15, 0.2) is 0 Å². The molecule has 1 fully saturated rings. The van der Waals surface area contributed by atoms with Gasteiger partial charge in [0.05, 0.1) is 18.4 Å². The fourth-order valence-electron chi connectivity index (χ4n) is 3.17. The predicted octanol–water partition coefficient (Wildman–Crippen LogP) is 2.06. The Morgan fingerprint density at radius 1 is 1.27 bits per heavy atom. The lowest BCUT2D eigenvalue weighted by molar-refractivity contribution is -0.149. The highest BCUT2D eigenvalue weighted by Gasteiger charge is 2.38. The smallest absolute Gasteiger partial charge is 0.311 e. The van der Waals surface area contributed by atoms with Crippen LogP contribution in [-0.2, 0) is 14.4 Å². The third-order valence-electron chi connectivity index (χ3n) is 5.29. The summed E-state index contributed by atoms with van der Waals surface area (Å²) in [4.78, 5) is 37.9. The van der Waals surface area contributed by atoms with Gasteiger partial charge in [-0.3, -0.25) is 14.4 Å². The van der Waals surface area contributed by atoms with Gasteiger partial charge >= 0.3 is 5.97 Å². The van der Waals surface area contributed by atoms with Crippen LogP contribution >= 0.6 is 0 Å². The van der Waals surface area contributed by atoms with Gasteiger partial charge in [0, 0.05) is 25.2 Å². The SMILES string of the molecule is CCC(CC)(CNC(=O)C1CC(=O)N(c2ccc(OC)cc2)C1)C(=O)O. The van der Waals surface area contributed by atoms with E-state index in [0.29, 0.717) is 24.3 Å². The molecule has 2 N–H and O–H groups in total. The summed E-state index contributed by atoms with van der Waals surface area (Å²) in [6, 6.07) is 7.08. The second-order valence-electron chi connectivity index (χ2n) is 6.61. The molecule has 142 valence electrons. The van der Waals surface area contributed by atoms with Crippen LogP contribution in [0.3, 0.4) is 0 Å². The quantitative estimate of drug-likeness (QED) is 0.738. The molecule has 1 saturated heterocycles. The first-order chi connectivity index (χ1) is 12.4. The average molecular weight is 362 g/mol. The van der Waals surface area contributed by atoms with Crippen LogP contribution in [0.25, 0.3) is 0 Å². The number of rotatable bonds is 8. The Labute approximate surface area is 153 Å². The molecule has 0 spiro atoms. The van der Waals surface area contributed by atoms with Crippen LogP contribution < -0.4 is 15.0 Å². The van der Waals surface area contributed by atoms with Gasteiger partial charge < -0.3 is 20.1 Å². The molecule has 7 heteroatoms. The summed E-state index contributed by atoms with van der Waals surface area (Å²) in [5.41, 5.74) is -0.249. The van der Waals surface area contributed by atoms with E-state index in [-0.39, 0.29) is 31.3 Å². The fourth-order valence-corrected chi connectivity index (χ4v) is 3.17. The molecule has 0 bridgehead atoms. The van der Waals surface area contributed by atoms with Crippen LogP contribution in [-0.4, -0.2) is 43.1 Å².